The first-order valence-electron chi connectivity index (χ1n) is 15.1. The summed E-state index contributed by atoms with van der Waals surface area (Å²) in [4.78, 5) is 55.5. The molecular formula is C33H41N3O8S. The van der Waals surface area contributed by atoms with Gasteiger partial charge < -0.3 is 33.7 Å². The number of alkyl carbamates (subject to hydrolysis) is 1. The maximum atomic E-state index is 13.5. The van der Waals surface area contributed by atoms with Crippen molar-refractivity contribution < 1.29 is 33.3 Å². The van der Waals surface area contributed by atoms with Crippen LogP contribution >= 0.6 is 11.3 Å². The second-order valence-corrected chi connectivity index (χ2v) is 14.4. The van der Waals surface area contributed by atoms with Crippen molar-refractivity contribution in [1.29, 1.82) is 0 Å². The van der Waals surface area contributed by atoms with Crippen LogP contribution in [0.5, 0.6) is 5.75 Å². The molecule has 0 spiro atoms. The van der Waals surface area contributed by atoms with Crippen LogP contribution in [-0.4, -0.2) is 59.1 Å². The SMILES string of the molecule is CCOC(=O)c1cn(C2CC2)c2c(OC)c(-c3cc4c(s3)C(NC(=O)OC(C)(C)C)CN(C(=O)OC(C)(C)C)C4)ccc2c1=O. The Kier molecular flexibility index (Phi) is 8.65. The molecule has 0 bridgehead atoms. The summed E-state index contributed by atoms with van der Waals surface area (Å²) in [5.74, 6) is -0.142. The Balaban J connectivity index is 1.60. The third kappa shape index (κ3) is 6.95. The first-order valence-corrected chi connectivity index (χ1v) is 15.9. The molecule has 12 heteroatoms. The number of nitrogens with one attached hydrogen (secondary N) is 1. The molecule has 2 aromatic heterocycles. The lowest BCUT2D eigenvalue weighted by atomic mass is 10.0. The molecule has 0 radical (unpaired) electrons. The summed E-state index contributed by atoms with van der Waals surface area (Å²) >= 11 is 1.48. The van der Waals surface area contributed by atoms with Gasteiger partial charge in [-0.15, -0.1) is 11.3 Å². The van der Waals surface area contributed by atoms with E-state index in [-0.39, 0.29) is 24.8 Å². The Morgan fingerprint density at radius 1 is 1.04 bits per heavy atom. The van der Waals surface area contributed by atoms with E-state index in [0.29, 0.717) is 23.2 Å². The highest BCUT2D eigenvalue weighted by Crippen LogP contribution is 2.46. The number of thiophene rings is 1. The van der Waals surface area contributed by atoms with Gasteiger partial charge in [0, 0.05) is 34.1 Å². The standard InChI is InChI=1S/C33H41N3O8S/c1-9-42-29(38)22-16-36(19-10-11-19)25-21(26(22)37)13-12-20(27(25)41-8)24-14-18-15-35(31(40)44-33(5,6)7)17-23(28(18)45-24)34-30(39)43-32(2,3)4/h12-14,16,19,23H,9-11,15,17H2,1-8H3,(H,34,39). The number of hydrogen-bond donors (Lipinski definition) is 1. The Morgan fingerprint density at radius 2 is 1.73 bits per heavy atom. The molecular weight excluding hydrogens is 598 g/mol. The lowest BCUT2D eigenvalue weighted by Crippen LogP contribution is -2.46. The van der Waals surface area contributed by atoms with Gasteiger partial charge in [-0.3, -0.25) is 4.79 Å². The summed E-state index contributed by atoms with van der Waals surface area (Å²) in [6, 6.07) is 5.11. The maximum Gasteiger partial charge on any atom is 0.410 e. The molecule has 11 nitrogen and oxygen atoms in total. The predicted octanol–water partition coefficient (Wildman–Crippen LogP) is 6.57. The fourth-order valence-electron chi connectivity index (χ4n) is 5.41. The molecule has 1 N–H and O–H groups in total. The summed E-state index contributed by atoms with van der Waals surface area (Å²) in [6.45, 7) is 13.2. The summed E-state index contributed by atoms with van der Waals surface area (Å²) in [5, 5.41) is 3.32. The highest BCUT2D eigenvalue weighted by atomic mass is 32.1. The van der Waals surface area contributed by atoms with Crippen molar-refractivity contribution in [2.45, 2.75) is 91.1 Å². The van der Waals surface area contributed by atoms with Crippen molar-refractivity contribution in [3.8, 4) is 16.2 Å². The molecule has 2 amide bonds. The van der Waals surface area contributed by atoms with Crippen molar-refractivity contribution in [3.05, 3.63) is 50.6 Å². The number of amides is 2. The molecule has 1 aliphatic heterocycles. The number of nitrogens with zero attached hydrogens (tertiary/aromatic N) is 2. The number of benzene rings is 1. The van der Waals surface area contributed by atoms with E-state index in [1.54, 1.807) is 52.0 Å². The predicted molar refractivity (Wildman–Crippen MR) is 171 cm³/mol. The minimum atomic E-state index is -0.698. The van der Waals surface area contributed by atoms with E-state index in [1.165, 1.54) is 11.3 Å². The number of hydrogen-bond acceptors (Lipinski definition) is 9. The number of fused-ring (bicyclic) bond motifs is 2. The van der Waals surface area contributed by atoms with E-state index in [1.807, 2.05) is 37.5 Å². The first kappa shape index (κ1) is 32.3. The average molecular weight is 640 g/mol. The molecule has 1 saturated carbocycles. The maximum absolute atomic E-state index is 13.5. The Hall–Kier alpha value is -4.06. The lowest BCUT2D eigenvalue weighted by Gasteiger charge is -2.34. The third-order valence-corrected chi connectivity index (χ3v) is 8.64. The van der Waals surface area contributed by atoms with Crippen LogP contribution in [0.25, 0.3) is 21.3 Å². The molecule has 45 heavy (non-hydrogen) atoms. The van der Waals surface area contributed by atoms with Crippen LogP contribution in [0.2, 0.25) is 0 Å². The van der Waals surface area contributed by atoms with Crippen LogP contribution in [0, 0.1) is 0 Å². The number of methoxy groups -OCH3 is 1. The number of esters is 1. The highest BCUT2D eigenvalue weighted by Gasteiger charge is 2.36. The van der Waals surface area contributed by atoms with Crippen LogP contribution < -0.4 is 15.5 Å². The molecule has 2 aliphatic rings. The minimum absolute atomic E-state index is 0.00376. The Morgan fingerprint density at radius 3 is 2.33 bits per heavy atom. The molecule has 1 fully saturated rings. The van der Waals surface area contributed by atoms with Gasteiger partial charge in [0.15, 0.2) is 5.75 Å². The van der Waals surface area contributed by atoms with Crippen LogP contribution in [0.3, 0.4) is 0 Å². The van der Waals surface area contributed by atoms with E-state index in [0.717, 1.165) is 33.7 Å². The van der Waals surface area contributed by atoms with Crippen LogP contribution in [0.4, 0.5) is 9.59 Å². The molecule has 1 aliphatic carbocycles. The number of aromatic nitrogens is 1. The van der Waals surface area contributed by atoms with E-state index < -0.39 is 40.8 Å². The van der Waals surface area contributed by atoms with Crippen molar-refractivity contribution in [2.75, 3.05) is 20.3 Å². The lowest BCUT2D eigenvalue weighted by molar-refractivity contribution is 0.0177. The summed E-state index contributed by atoms with van der Waals surface area (Å²) < 4.78 is 24.3. The van der Waals surface area contributed by atoms with Gasteiger partial charge in [0.2, 0.25) is 5.43 Å². The molecule has 242 valence electrons. The number of ether oxygens (including phenoxy) is 4. The minimum Gasteiger partial charge on any atom is -0.494 e. The van der Waals surface area contributed by atoms with Crippen molar-refractivity contribution >= 4 is 40.4 Å². The fourth-order valence-corrected chi connectivity index (χ4v) is 6.65. The van der Waals surface area contributed by atoms with Crippen LogP contribution in [0.15, 0.2) is 29.2 Å². The first-order chi connectivity index (χ1) is 21.1. The summed E-state index contributed by atoms with van der Waals surface area (Å²) in [5.41, 5.74) is 0.418. The monoisotopic (exact) mass is 639 g/mol. The summed E-state index contributed by atoms with van der Waals surface area (Å²) in [6.07, 6.45) is 2.35. The number of rotatable bonds is 6. The quantitative estimate of drug-likeness (QED) is 0.237. The zero-order chi connectivity index (χ0) is 32.8. The molecule has 3 aromatic rings. The molecule has 5 rings (SSSR count). The largest absolute Gasteiger partial charge is 0.494 e. The zero-order valence-corrected chi connectivity index (χ0v) is 27.9. The van der Waals surface area contributed by atoms with Gasteiger partial charge in [-0.1, -0.05) is 0 Å². The van der Waals surface area contributed by atoms with Crippen molar-refractivity contribution in [1.82, 2.24) is 14.8 Å². The van der Waals surface area contributed by atoms with E-state index >= 15 is 0 Å². The molecule has 1 aromatic carbocycles. The van der Waals surface area contributed by atoms with Crippen LogP contribution in [0.1, 0.15) is 94.2 Å². The summed E-state index contributed by atoms with van der Waals surface area (Å²) in [7, 11) is 1.56. The number of pyridine rings is 1. The van der Waals surface area contributed by atoms with Gasteiger partial charge in [-0.2, -0.15) is 0 Å². The molecule has 1 atom stereocenters. The van der Waals surface area contributed by atoms with Crippen molar-refractivity contribution in [2.24, 2.45) is 0 Å². The molecule has 1 unspecified atom stereocenters. The average Bonchev–Trinajstić information content (AvgIpc) is 3.68. The van der Waals surface area contributed by atoms with Gasteiger partial charge >= 0.3 is 18.2 Å². The zero-order valence-electron chi connectivity index (χ0n) is 27.1. The third-order valence-electron chi connectivity index (χ3n) is 7.32. The van der Waals surface area contributed by atoms with Crippen LogP contribution in [-0.2, 0) is 20.8 Å². The van der Waals surface area contributed by atoms with E-state index in [4.69, 9.17) is 18.9 Å². The van der Waals surface area contributed by atoms with Gasteiger partial charge in [0.1, 0.15) is 16.8 Å². The second kappa shape index (κ2) is 12.0. The van der Waals surface area contributed by atoms with E-state index in [9.17, 15) is 19.2 Å². The van der Waals surface area contributed by atoms with Crippen molar-refractivity contribution in [3.63, 3.8) is 0 Å². The van der Waals surface area contributed by atoms with Gasteiger partial charge in [0.05, 0.1) is 37.2 Å². The topological polar surface area (TPSA) is 125 Å². The fraction of sp³-hybridized carbons (Fsp3) is 0.515. The normalized spacial score (nSPS) is 16.6. The van der Waals surface area contributed by atoms with Gasteiger partial charge in [-0.25, -0.2) is 14.4 Å². The number of carbonyl (C=O) groups excluding carboxylic acids is 3. The van der Waals surface area contributed by atoms with Gasteiger partial charge in [-0.05, 0) is 85.1 Å². The Bertz CT molecular complexity index is 1710. The van der Waals surface area contributed by atoms with E-state index in [2.05, 4.69) is 5.32 Å². The van der Waals surface area contributed by atoms with Gasteiger partial charge in [0.25, 0.3) is 0 Å². The smallest absolute Gasteiger partial charge is 0.410 e. The second-order valence-electron chi connectivity index (χ2n) is 13.3. The molecule has 3 heterocycles. The highest BCUT2D eigenvalue weighted by molar-refractivity contribution is 7.15. The molecule has 0 saturated heterocycles. The Labute approximate surface area is 266 Å². The number of carbonyl (C=O) groups is 3.